The molecule has 0 unspecified atom stereocenters. The van der Waals surface area contributed by atoms with E-state index in [1.54, 1.807) is 42.5 Å². The van der Waals surface area contributed by atoms with Gasteiger partial charge in [-0.1, -0.05) is 54.0 Å². The van der Waals surface area contributed by atoms with Crippen molar-refractivity contribution in [3.05, 3.63) is 106 Å². The third kappa shape index (κ3) is 6.95. The number of non-ortho nitro benzene ring substituents is 1. The fourth-order valence-corrected chi connectivity index (χ4v) is 4.20. The van der Waals surface area contributed by atoms with Crippen molar-refractivity contribution in [2.45, 2.75) is 25.5 Å². The number of anilines is 2. The van der Waals surface area contributed by atoms with Crippen molar-refractivity contribution >= 4 is 35.0 Å². The molecule has 0 aliphatic carbocycles. The number of ether oxygens (including phenoxy) is 1. The molecule has 3 aromatic carbocycles. The highest BCUT2D eigenvalue weighted by molar-refractivity contribution is 5.98. The van der Waals surface area contributed by atoms with E-state index in [0.717, 1.165) is 10.6 Å². The first kappa shape index (κ1) is 27.7. The van der Waals surface area contributed by atoms with Gasteiger partial charge in [-0.2, -0.15) is 0 Å². The Morgan fingerprint density at radius 3 is 2.25 bits per heavy atom. The molecule has 3 amide bonds. The molecule has 0 spiro atoms. The number of nitroso groups, excluding NO2 is 1. The van der Waals surface area contributed by atoms with Crippen molar-refractivity contribution in [1.29, 1.82) is 0 Å². The quantitative estimate of drug-likeness (QED) is 0.222. The largest absolute Gasteiger partial charge is 0.445 e. The molecule has 40 heavy (non-hydrogen) atoms. The van der Waals surface area contributed by atoms with E-state index in [9.17, 15) is 29.4 Å². The van der Waals surface area contributed by atoms with E-state index in [2.05, 4.69) is 10.7 Å². The SMILES string of the molecule is O=C(NCC(=O)N1CCC[C@H]1C(=O)N(c1ccccc1)[N+](=O)Nc1ccc([N+](=O)[O-])cc1)OCc1ccccc1. The molecule has 13 nitrogen and oxygen atoms in total. The molecule has 4 rings (SSSR count). The molecule has 1 aliphatic rings. The first-order valence-corrected chi connectivity index (χ1v) is 12.4. The number of nitro benzene ring substituents is 1. The highest BCUT2D eigenvalue weighted by atomic mass is 16.6. The molecule has 1 aliphatic heterocycles. The number of nitrogens with one attached hydrogen (secondary N) is 2. The molecule has 1 fully saturated rings. The Labute approximate surface area is 229 Å². The molecule has 1 saturated heterocycles. The number of benzene rings is 3. The first-order chi connectivity index (χ1) is 19.3. The standard InChI is InChI=1S/C27H26N6O7/c34-25(18-28-27(36)40-19-20-8-3-1-4-9-20)30-17-7-12-24(30)26(35)31(22-10-5-2-6-11-22)33(39)29-21-13-15-23(16-14-21)32(37)38/h1-6,8-11,13-16,24H,7,12,17-19H2,(H-,28,29,36,39)/p+1/t24-/m0/s1. The van der Waals surface area contributed by atoms with Gasteiger partial charge in [-0.25, -0.2) is 4.79 Å². The highest BCUT2D eigenvalue weighted by Crippen LogP contribution is 2.24. The number of hydrogen-bond donors (Lipinski definition) is 2. The first-order valence-electron chi connectivity index (χ1n) is 12.4. The number of nitro groups is 1. The predicted octanol–water partition coefficient (Wildman–Crippen LogP) is 3.57. The van der Waals surface area contributed by atoms with E-state index in [1.807, 2.05) is 18.2 Å². The average molecular weight is 548 g/mol. The van der Waals surface area contributed by atoms with Gasteiger partial charge in [0.1, 0.15) is 30.6 Å². The van der Waals surface area contributed by atoms with Gasteiger partial charge in [0.2, 0.25) is 5.91 Å². The summed E-state index contributed by atoms with van der Waals surface area (Å²) in [5.74, 6) is -1.16. The molecule has 13 heteroatoms. The zero-order valence-corrected chi connectivity index (χ0v) is 21.3. The summed E-state index contributed by atoms with van der Waals surface area (Å²) >= 11 is 0. The van der Waals surface area contributed by atoms with Crippen LogP contribution in [0.15, 0.2) is 84.9 Å². The number of carbonyl (C=O) groups is 3. The molecule has 1 atom stereocenters. The van der Waals surface area contributed by atoms with Crippen molar-refractivity contribution in [2.75, 3.05) is 23.5 Å². The van der Waals surface area contributed by atoms with Gasteiger partial charge >= 0.3 is 12.0 Å². The summed E-state index contributed by atoms with van der Waals surface area (Å²) in [4.78, 5) is 63.9. The number of amides is 3. The summed E-state index contributed by atoms with van der Waals surface area (Å²) in [5.41, 5.74) is 3.61. The highest BCUT2D eigenvalue weighted by Gasteiger charge is 2.43. The topological polar surface area (TPSA) is 154 Å². The molecular weight excluding hydrogens is 520 g/mol. The van der Waals surface area contributed by atoms with Crippen molar-refractivity contribution in [2.24, 2.45) is 0 Å². The number of hydrazine groups is 2. The van der Waals surface area contributed by atoms with Crippen LogP contribution in [-0.2, 0) is 20.9 Å². The van der Waals surface area contributed by atoms with Crippen LogP contribution < -0.4 is 15.8 Å². The fraction of sp³-hybridized carbons (Fsp3) is 0.222. The van der Waals surface area contributed by atoms with Crippen molar-refractivity contribution in [3.63, 3.8) is 0 Å². The number of hydrogen-bond acceptors (Lipinski definition) is 7. The lowest BCUT2D eigenvalue weighted by Gasteiger charge is -2.25. The van der Waals surface area contributed by atoms with Crippen LogP contribution in [0.4, 0.5) is 21.9 Å². The van der Waals surface area contributed by atoms with Gasteiger partial charge in [0, 0.05) is 18.7 Å². The molecule has 2 N–H and O–H groups in total. The maximum atomic E-state index is 13.7. The van der Waals surface area contributed by atoms with Gasteiger partial charge < -0.3 is 15.0 Å². The summed E-state index contributed by atoms with van der Waals surface area (Å²) in [6.07, 6.45) is 0.0681. The smallest absolute Gasteiger partial charge is 0.407 e. The number of alkyl carbamates (subject to hydrolysis) is 1. The van der Waals surface area contributed by atoms with Gasteiger partial charge in [0.25, 0.3) is 10.7 Å². The number of para-hydroxylation sites is 1. The van der Waals surface area contributed by atoms with E-state index in [-0.39, 0.29) is 41.7 Å². The maximum Gasteiger partial charge on any atom is 0.407 e. The number of likely N-dealkylation sites (tertiary alicyclic amines) is 1. The third-order valence-electron chi connectivity index (χ3n) is 6.15. The summed E-state index contributed by atoms with van der Waals surface area (Å²) in [6, 6.07) is 21.4. The van der Waals surface area contributed by atoms with E-state index >= 15 is 0 Å². The zero-order valence-electron chi connectivity index (χ0n) is 21.3. The molecule has 0 saturated carbocycles. The lowest BCUT2D eigenvalue weighted by atomic mass is 10.2. The summed E-state index contributed by atoms with van der Waals surface area (Å²) in [7, 11) is 0. The van der Waals surface area contributed by atoms with Crippen LogP contribution in [0.1, 0.15) is 18.4 Å². The Bertz CT molecular complexity index is 1370. The Hall–Kier alpha value is -5.33. The molecule has 0 bridgehead atoms. The van der Waals surface area contributed by atoms with Crippen LogP contribution in [0.25, 0.3) is 0 Å². The summed E-state index contributed by atoms with van der Waals surface area (Å²) in [6.45, 7) is -0.0725. The molecule has 3 aromatic rings. The van der Waals surface area contributed by atoms with E-state index in [1.165, 1.54) is 29.2 Å². The number of nitrogens with zero attached hydrogens (tertiary/aromatic N) is 4. The average Bonchev–Trinajstić information content (AvgIpc) is 3.47. The van der Waals surface area contributed by atoms with Crippen LogP contribution in [-0.4, -0.2) is 51.8 Å². The molecule has 0 aromatic heterocycles. The van der Waals surface area contributed by atoms with Gasteiger partial charge in [0.05, 0.1) is 9.83 Å². The Morgan fingerprint density at radius 2 is 1.60 bits per heavy atom. The van der Waals surface area contributed by atoms with E-state index < -0.39 is 28.9 Å². The second kappa shape index (κ2) is 13.0. The van der Waals surface area contributed by atoms with Crippen LogP contribution in [0.3, 0.4) is 0 Å². The molecule has 1 heterocycles. The third-order valence-corrected chi connectivity index (χ3v) is 6.15. The maximum absolute atomic E-state index is 13.7. The van der Waals surface area contributed by atoms with Gasteiger partial charge in [-0.05, 0) is 47.7 Å². The van der Waals surface area contributed by atoms with Crippen molar-refractivity contribution in [1.82, 2.24) is 10.2 Å². The predicted molar refractivity (Wildman–Crippen MR) is 144 cm³/mol. The normalized spacial score (nSPS) is 14.2. The number of rotatable bonds is 10. The van der Waals surface area contributed by atoms with Crippen molar-refractivity contribution in [3.8, 4) is 0 Å². The Morgan fingerprint density at radius 1 is 0.950 bits per heavy atom. The van der Waals surface area contributed by atoms with Crippen LogP contribution in [0.5, 0.6) is 0 Å². The second-order valence-corrected chi connectivity index (χ2v) is 8.83. The minimum Gasteiger partial charge on any atom is -0.445 e. The Balaban J connectivity index is 1.42. The zero-order chi connectivity index (χ0) is 28.5. The molecule has 206 valence electrons. The van der Waals surface area contributed by atoms with Crippen LogP contribution in [0, 0.1) is 15.0 Å². The van der Waals surface area contributed by atoms with Crippen LogP contribution >= 0.6 is 0 Å². The van der Waals surface area contributed by atoms with Gasteiger partial charge in [-0.15, -0.1) is 0 Å². The fourth-order valence-electron chi connectivity index (χ4n) is 4.20. The van der Waals surface area contributed by atoms with Crippen LogP contribution in [0.2, 0.25) is 0 Å². The second-order valence-electron chi connectivity index (χ2n) is 8.83. The van der Waals surface area contributed by atoms with Crippen molar-refractivity contribution < 1.29 is 29.0 Å². The Kier molecular flexibility index (Phi) is 8.97. The lowest BCUT2D eigenvalue weighted by Crippen LogP contribution is -2.53. The molecule has 0 radical (unpaired) electrons. The van der Waals surface area contributed by atoms with Gasteiger partial charge in [0.15, 0.2) is 0 Å². The van der Waals surface area contributed by atoms with E-state index in [4.69, 9.17) is 4.74 Å². The van der Waals surface area contributed by atoms with E-state index in [0.29, 0.717) is 12.8 Å². The number of carbonyl (C=O) groups excluding carboxylic acids is 3. The lowest BCUT2D eigenvalue weighted by molar-refractivity contribution is -0.521. The summed E-state index contributed by atoms with van der Waals surface area (Å²) < 4.78 is 5.13. The monoisotopic (exact) mass is 547 g/mol. The molecular formula is C27H27N6O7+. The van der Waals surface area contributed by atoms with Gasteiger partial charge in [-0.3, -0.25) is 19.7 Å². The minimum absolute atomic E-state index is 0.0405. The summed E-state index contributed by atoms with van der Waals surface area (Å²) in [5, 5.41) is 14.2. The minimum atomic E-state index is -0.954.